The number of amides is 1. The summed E-state index contributed by atoms with van der Waals surface area (Å²) in [5.74, 6) is -0.447. The molecule has 19 heavy (non-hydrogen) atoms. The number of benzene rings is 1. The standard InChI is InChI=1S/C14H19FN2O2/c1-2-12(14(18)17-8-7-10(16)9-17)19-13-6-4-3-5-11(13)15/h3-6,10,12H,2,7-9,16H2,1H3. The van der Waals surface area contributed by atoms with Crippen molar-refractivity contribution < 1.29 is 13.9 Å². The fraction of sp³-hybridized carbons (Fsp3) is 0.500. The van der Waals surface area contributed by atoms with Crippen molar-refractivity contribution in [1.29, 1.82) is 0 Å². The van der Waals surface area contributed by atoms with Gasteiger partial charge in [0.25, 0.3) is 5.91 Å². The quantitative estimate of drug-likeness (QED) is 0.899. The molecule has 2 unspecified atom stereocenters. The lowest BCUT2D eigenvalue weighted by molar-refractivity contribution is -0.137. The van der Waals surface area contributed by atoms with E-state index in [-0.39, 0.29) is 17.7 Å². The number of hydrogen-bond acceptors (Lipinski definition) is 3. The average molecular weight is 266 g/mol. The number of ether oxygens (including phenoxy) is 1. The third kappa shape index (κ3) is 3.23. The van der Waals surface area contributed by atoms with Crippen molar-refractivity contribution in [3.63, 3.8) is 0 Å². The molecule has 1 fully saturated rings. The minimum Gasteiger partial charge on any atom is -0.478 e. The molecule has 5 heteroatoms. The van der Waals surface area contributed by atoms with Crippen molar-refractivity contribution in [2.24, 2.45) is 5.73 Å². The summed E-state index contributed by atoms with van der Waals surface area (Å²) in [5.41, 5.74) is 5.79. The molecule has 1 heterocycles. The van der Waals surface area contributed by atoms with E-state index in [4.69, 9.17) is 10.5 Å². The molecule has 1 aliphatic rings. The van der Waals surface area contributed by atoms with Crippen molar-refractivity contribution in [3.8, 4) is 5.75 Å². The van der Waals surface area contributed by atoms with Gasteiger partial charge in [0.05, 0.1) is 0 Å². The van der Waals surface area contributed by atoms with Gasteiger partial charge in [-0.1, -0.05) is 19.1 Å². The number of rotatable bonds is 4. The molecule has 0 bridgehead atoms. The monoisotopic (exact) mass is 266 g/mol. The van der Waals surface area contributed by atoms with Crippen molar-refractivity contribution in [2.45, 2.75) is 31.9 Å². The Balaban J connectivity index is 2.04. The first-order valence-electron chi connectivity index (χ1n) is 6.57. The van der Waals surface area contributed by atoms with E-state index in [0.717, 1.165) is 6.42 Å². The Morgan fingerprint density at radius 2 is 2.32 bits per heavy atom. The van der Waals surface area contributed by atoms with E-state index in [0.29, 0.717) is 19.5 Å². The maximum absolute atomic E-state index is 13.5. The summed E-state index contributed by atoms with van der Waals surface area (Å²) in [7, 11) is 0. The number of likely N-dealkylation sites (tertiary alicyclic amines) is 1. The van der Waals surface area contributed by atoms with Gasteiger partial charge in [-0.25, -0.2) is 4.39 Å². The summed E-state index contributed by atoms with van der Waals surface area (Å²) >= 11 is 0. The molecule has 1 aromatic rings. The molecule has 2 atom stereocenters. The molecule has 0 saturated carbocycles. The van der Waals surface area contributed by atoms with Gasteiger partial charge in [0.1, 0.15) is 0 Å². The van der Waals surface area contributed by atoms with Crippen molar-refractivity contribution >= 4 is 5.91 Å². The normalized spacial score (nSPS) is 20.4. The molecule has 1 amide bonds. The van der Waals surface area contributed by atoms with Crippen LogP contribution in [0, 0.1) is 5.82 Å². The highest BCUT2D eigenvalue weighted by Crippen LogP contribution is 2.20. The summed E-state index contributed by atoms with van der Waals surface area (Å²) in [4.78, 5) is 14.0. The van der Waals surface area contributed by atoms with Crippen LogP contribution in [-0.4, -0.2) is 36.0 Å². The van der Waals surface area contributed by atoms with Gasteiger partial charge in [0.15, 0.2) is 17.7 Å². The first-order chi connectivity index (χ1) is 9.11. The Morgan fingerprint density at radius 3 is 2.89 bits per heavy atom. The molecule has 0 spiro atoms. The van der Waals surface area contributed by atoms with E-state index in [1.165, 1.54) is 12.1 Å². The zero-order valence-electron chi connectivity index (χ0n) is 11.0. The summed E-state index contributed by atoms with van der Waals surface area (Å²) in [6.45, 7) is 3.05. The van der Waals surface area contributed by atoms with Crippen molar-refractivity contribution in [3.05, 3.63) is 30.1 Å². The molecule has 0 radical (unpaired) electrons. The topological polar surface area (TPSA) is 55.6 Å². The first kappa shape index (κ1) is 13.8. The second-order valence-corrected chi connectivity index (χ2v) is 4.78. The molecule has 2 N–H and O–H groups in total. The molecular weight excluding hydrogens is 247 g/mol. The van der Waals surface area contributed by atoms with Gasteiger partial charge in [-0.2, -0.15) is 0 Å². The van der Waals surface area contributed by atoms with E-state index < -0.39 is 11.9 Å². The van der Waals surface area contributed by atoms with Crippen LogP contribution in [-0.2, 0) is 4.79 Å². The van der Waals surface area contributed by atoms with Crippen LogP contribution >= 0.6 is 0 Å². The smallest absolute Gasteiger partial charge is 0.263 e. The summed E-state index contributed by atoms with van der Waals surface area (Å²) in [6.07, 6.45) is 0.656. The maximum Gasteiger partial charge on any atom is 0.263 e. The molecule has 4 nitrogen and oxygen atoms in total. The predicted molar refractivity (Wildman–Crippen MR) is 70.3 cm³/mol. The highest BCUT2D eigenvalue weighted by Gasteiger charge is 2.30. The van der Waals surface area contributed by atoms with Crippen molar-refractivity contribution in [2.75, 3.05) is 13.1 Å². The Hall–Kier alpha value is -1.62. The molecule has 1 aromatic carbocycles. The Labute approximate surface area is 112 Å². The Bertz CT molecular complexity index is 453. The van der Waals surface area contributed by atoms with Crippen molar-refractivity contribution in [1.82, 2.24) is 4.90 Å². The zero-order chi connectivity index (χ0) is 13.8. The molecular formula is C14H19FN2O2. The van der Waals surface area contributed by atoms with Gasteiger partial charge >= 0.3 is 0 Å². The molecule has 2 rings (SSSR count). The Morgan fingerprint density at radius 1 is 1.58 bits per heavy atom. The van der Waals surface area contributed by atoms with Crippen LogP contribution < -0.4 is 10.5 Å². The van der Waals surface area contributed by atoms with E-state index in [1.54, 1.807) is 17.0 Å². The SMILES string of the molecule is CCC(Oc1ccccc1F)C(=O)N1CCC(N)C1. The van der Waals surface area contributed by atoms with Gasteiger partial charge < -0.3 is 15.4 Å². The lowest BCUT2D eigenvalue weighted by Crippen LogP contribution is -2.41. The number of hydrogen-bond donors (Lipinski definition) is 1. The summed E-state index contributed by atoms with van der Waals surface area (Å²) in [6, 6.07) is 6.15. The maximum atomic E-state index is 13.5. The molecule has 0 aliphatic carbocycles. The van der Waals surface area contributed by atoms with Crippen LogP contribution in [0.25, 0.3) is 0 Å². The lowest BCUT2D eigenvalue weighted by atomic mass is 10.2. The fourth-order valence-electron chi connectivity index (χ4n) is 2.19. The van der Waals surface area contributed by atoms with E-state index >= 15 is 0 Å². The number of carbonyl (C=O) groups is 1. The molecule has 0 aromatic heterocycles. The Kier molecular flexibility index (Phi) is 4.37. The number of nitrogens with zero attached hydrogens (tertiary/aromatic N) is 1. The number of para-hydroxylation sites is 1. The minimum atomic E-state index is -0.651. The van der Waals surface area contributed by atoms with Gasteiger partial charge in [-0.3, -0.25) is 4.79 Å². The summed E-state index contributed by atoms with van der Waals surface area (Å²) < 4.78 is 19.0. The highest BCUT2D eigenvalue weighted by molar-refractivity contribution is 5.81. The fourth-order valence-corrected chi connectivity index (χ4v) is 2.19. The first-order valence-corrected chi connectivity index (χ1v) is 6.57. The van der Waals surface area contributed by atoms with Crippen LogP contribution in [0.5, 0.6) is 5.75 Å². The predicted octanol–water partition coefficient (Wildman–Crippen LogP) is 1.54. The summed E-state index contributed by atoms with van der Waals surface area (Å²) in [5, 5.41) is 0. The molecule has 1 aliphatic heterocycles. The van der Waals surface area contributed by atoms with Crippen LogP contribution in [0.1, 0.15) is 19.8 Å². The van der Waals surface area contributed by atoms with E-state index in [2.05, 4.69) is 0 Å². The van der Waals surface area contributed by atoms with E-state index in [9.17, 15) is 9.18 Å². The number of halogens is 1. The highest BCUT2D eigenvalue weighted by atomic mass is 19.1. The van der Waals surface area contributed by atoms with Crippen LogP contribution in [0.4, 0.5) is 4.39 Å². The third-order valence-electron chi connectivity index (χ3n) is 3.29. The van der Waals surface area contributed by atoms with Crippen LogP contribution in [0.2, 0.25) is 0 Å². The lowest BCUT2D eigenvalue weighted by Gasteiger charge is -2.23. The second-order valence-electron chi connectivity index (χ2n) is 4.78. The average Bonchev–Trinajstić information content (AvgIpc) is 2.84. The zero-order valence-corrected chi connectivity index (χ0v) is 11.0. The largest absolute Gasteiger partial charge is 0.478 e. The van der Waals surface area contributed by atoms with Gasteiger partial charge in [-0.05, 0) is 25.0 Å². The van der Waals surface area contributed by atoms with E-state index in [1.807, 2.05) is 6.92 Å². The number of nitrogens with two attached hydrogens (primary N) is 1. The van der Waals surface area contributed by atoms with Gasteiger partial charge in [0, 0.05) is 19.1 Å². The van der Waals surface area contributed by atoms with Gasteiger partial charge in [0.2, 0.25) is 0 Å². The number of carbonyl (C=O) groups excluding carboxylic acids is 1. The third-order valence-corrected chi connectivity index (χ3v) is 3.29. The second kappa shape index (κ2) is 6.02. The minimum absolute atomic E-state index is 0.0370. The van der Waals surface area contributed by atoms with Crippen LogP contribution in [0.3, 0.4) is 0 Å². The molecule has 1 saturated heterocycles. The van der Waals surface area contributed by atoms with Gasteiger partial charge in [-0.15, -0.1) is 0 Å². The van der Waals surface area contributed by atoms with Crippen LogP contribution in [0.15, 0.2) is 24.3 Å². The molecule has 104 valence electrons.